The van der Waals surface area contributed by atoms with Gasteiger partial charge >= 0.3 is 0 Å². The molecule has 1 nitrogen and oxygen atoms in total. The lowest BCUT2D eigenvalue weighted by Gasteiger charge is -2.16. The Labute approximate surface area is 105 Å². The summed E-state index contributed by atoms with van der Waals surface area (Å²) in [6, 6.07) is 7.10. The van der Waals surface area contributed by atoms with Crippen molar-refractivity contribution in [2.24, 2.45) is 0 Å². The Bertz CT molecular complexity index is 303. The van der Waals surface area contributed by atoms with Crippen LogP contribution < -0.4 is 0 Å². The summed E-state index contributed by atoms with van der Waals surface area (Å²) in [6.45, 7) is 1.71. The van der Waals surface area contributed by atoms with Crippen LogP contribution in [0.2, 0.25) is 5.02 Å². The second-order valence-corrected chi connectivity index (χ2v) is 5.97. The lowest BCUT2D eigenvalue weighted by atomic mass is 10.0. The summed E-state index contributed by atoms with van der Waals surface area (Å²) in [7, 11) is 0. The standard InChI is InChI=1S/C11H13Cl3O/c1-11(13,14)7-6-10(15)8-2-4-9(12)5-3-8/h2-5,10,15H,6-7H2,1H3. The van der Waals surface area contributed by atoms with Gasteiger partial charge in [0.05, 0.1) is 6.10 Å². The third kappa shape index (κ3) is 5.07. The lowest BCUT2D eigenvalue weighted by Crippen LogP contribution is -2.09. The predicted octanol–water partition coefficient (Wildman–Crippen LogP) is 4.35. The minimum Gasteiger partial charge on any atom is -0.388 e. The Balaban J connectivity index is 2.54. The maximum absolute atomic E-state index is 9.81. The van der Waals surface area contributed by atoms with Crippen molar-refractivity contribution in [1.82, 2.24) is 0 Å². The van der Waals surface area contributed by atoms with Gasteiger partial charge in [0.15, 0.2) is 0 Å². The van der Waals surface area contributed by atoms with Gasteiger partial charge in [0, 0.05) is 5.02 Å². The Kier molecular flexibility index (Phi) is 4.72. The minimum absolute atomic E-state index is 0.533. The van der Waals surface area contributed by atoms with Gasteiger partial charge in [0.25, 0.3) is 0 Å². The fourth-order valence-electron chi connectivity index (χ4n) is 1.24. The number of aliphatic hydroxyl groups excluding tert-OH is 1. The quantitative estimate of drug-likeness (QED) is 0.804. The van der Waals surface area contributed by atoms with Gasteiger partial charge in [0.2, 0.25) is 0 Å². The number of alkyl halides is 2. The van der Waals surface area contributed by atoms with Crippen molar-refractivity contribution >= 4 is 34.8 Å². The molecule has 1 unspecified atom stereocenters. The summed E-state index contributed by atoms with van der Waals surface area (Å²) < 4.78 is -0.784. The van der Waals surface area contributed by atoms with Gasteiger partial charge in [-0.1, -0.05) is 23.7 Å². The van der Waals surface area contributed by atoms with Gasteiger partial charge in [-0.25, -0.2) is 0 Å². The van der Waals surface area contributed by atoms with E-state index < -0.39 is 10.4 Å². The molecule has 15 heavy (non-hydrogen) atoms. The molecule has 1 aromatic carbocycles. The first-order chi connectivity index (χ1) is 6.88. The molecule has 0 aliphatic heterocycles. The topological polar surface area (TPSA) is 20.2 Å². The van der Waals surface area contributed by atoms with Crippen LogP contribution in [-0.2, 0) is 0 Å². The number of aliphatic hydroxyl groups is 1. The Morgan fingerprint density at radius 1 is 1.27 bits per heavy atom. The van der Waals surface area contributed by atoms with Crippen molar-refractivity contribution in [3.63, 3.8) is 0 Å². The number of hydrogen-bond donors (Lipinski definition) is 1. The maximum atomic E-state index is 9.81. The van der Waals surface area contributed by atoms with Crippen LogP contribution in [0.3, 0.4) is 0 Å². The molecule has 0 amide bonds. The molecule has 4 heteroatoms. The maximum Gasteiger partial charge on any atom is 0.115 e. The zero-order chi connectivity index (χ0) is 11.5. The van der Waals surface area contributed by atoms with Crippen LogP contribution in [-0.4, -0.2) is 9.44 Å². The first-order valence-corrected chi connectivity index (χ1v) is 5.83. The third-order valence-corrected chi connectivity index (χ3v) is 2.74. The van der Waals surface area contributed by atoms with E-state index >= 15 is 0 Å². The molecule has 1 aromatic rings. The highest BCUT2D eigenvalue weighted by molar-refractivity contribution is 6.48. The molecule has 0 bridgehead atoms. The molecule has 1 N–H and O–H groups in total. The van der Waals surface area contributed by atoms with Crippen LogP contribution in [0, 0.1) is 0 Å². The monoisotopic (exact) mass is 266 g/mol. The third-order valence-electron chi connectivity index (χ3n) is 2.11. The summed E-state index contributed by atoms with van der Waals surface area (Å²) in [4.78, 5) is 0. The summed E-state index contributed by atoms with van der Waals surface area (Å²) in [5.74, 6) is 0. The number of benzene rings is 1. The van der Waals surface area contributed by atoms with Gasteiger partial charge in [0.1, 0.15) is 4.33 Å². The van der Waals surface area contributed by atoms with Gasteiger partial charge < -0.3 is 5.11 Å². The van der Waals surface area contributed by atoms with Crippen LogP contribution in [0.1, 0.15) is 31.4 Å². The smallest absolute Gasteiger partial charge is 0.115 e. The molecule has 0 aromatic heterocycles. The molecule has 1 rings (SSSR count). The van der Waals surface area contributed by atoms with E-state index in [4.69, 9.17) is 34.8 Å². The van der Waals surface area contributed by atoms with Gasteiger partial charge in [-0.3, -0.25) is 0 Å². The molecule has 0 heterocycles. The first-order valence-electron chi connectivity index (χ1n) is 4.70. The number of rotatable bonds is 4. The summed E-state index contributed by atoms with van der Waals surface area (Å²) in [5.41, 5.74) is 0.831. The van der Waals surface area contributed by atoms with Crippen LogP contribution in [0.15, 0.2) is 24.3 Å². The molecule has 0 aliphatic carbocycles. The van der Waals surface area contributed by atoms with E-state index in [2.05, 4.69) is 0 Å². The summed E-state index contributed by atoms with van der Waals surface area (Å²) >= 11 is 17.4. The normalized spacial score (nSPS) is 13.9. The zero-order valence-corrected chi connectivity index (χ0v) is 10.6. The molecule has 0 saturated carbocycles. The average molecular weight is 268 g/mol. The fraction of sp³-hybridized carbons (Fsp3) is 0.455. The molecule has 0 radical (unpaired) electrons. The highest BCUT2D eigenvalue weighted by atomic mass is 35.5. The second kappa shape index (κ2) is 5.40. The molecule has 0 spiro atoms. The number of halogens is 3. The molecule has 84 valence electrons. The Morgan fingerprint density at radius 3 is 2.27 bits per heavy atom. The Hall–Kier alpha value is 0.0500. The van der Waals surface area contributed by atoms with Crippen molar-refractivity contribution in [2.75, 3.05) is 0 Å². The molecular formula is C11H13Cl3O. The molecule has 0 aliphatic rings. The lowest BCUT2D eigenvalue weighted by molar-refractivity contribution is 0.163. The van der Waals surface area contributed by atoms with E-state index in [0.717, 1.165) is 5.56 Å². The van der Waals surface area contributed by atoms with E-state index in [0.29, 0.717) is 17.9 Å². The zero-order valence-electron chi connectivity index (χ0n) is 8.38. The van der Waals surface area contributed by atoms with E-state index in [1.807, 2.05) is 0 Å². The van der Waals surface area contributed by atoms with Crippen LogP contribution >= 0.6 is 34.8 Å². The van der Waals surface area contributed by atoms with Gasteiger partial charge in [-0.15, -0.1) is 23.2 Å². The van der Waals surface area contributed by atoms with Gasteiger partial charge in [-0.05, 0) is 37.5 Å². The van der Waals surface area contributed by atoms with Crippen molar-refractivity contribution in [1.29, 1.82) is 0 Å². The first kappa shape index (κ1) is 13.1. The highest BCUT2D eigenvalue weighted by Crippen LogP contribution is 2.30. The average Bonchev–Trinajstić information content (AvgIpc) is 2.14. The fourth-order valence-corrected chi connectivity index (χ4v) is 1.59. The van der Waals surface area contributed by atoms with Crippen LogP contribution in [0.4, 0.5) is 0 Å². The van der Waals surface area contributed by atoms with Crippen molar-refractivity contribution in [3.05, 3.63) is 34.9 Å². The number of hydrogen-bond acceptors (Lipinski definition) is 1. The molecular weight excluding hydrogens is 254 g/mol. The predicted molar refractivity (Wildman–Crippen MR) is 65.8 cm³/mol. The second-order valence-electron chi connectivity index (χ2n) is 3.68. The summed E-state index contributed by atoms with van der Waals surface area (Å²) in [6.07, 6.45) is 0.532. The van der Waals surface area contributed by atoms with Gasteiger partial charge in [-0.2, -0.15) is 0 Å². The van der Waals surface area contributed by atoms with E-state index in [1.165, 1.54) is 0 Å². The Morgan fingerprint density at radius 2 is 1.80 bits per heavy atom. The minimum atomic E-state index is -0.784. The molecule has 0 fully saturated rings. The molecule has 0 saturated heterocycles. The van der Waals surface area contributed by atoms with Crippen molar-refractivity contribution in [2.45, 2.75) is 30.2 Å². The van der Waals surface area contributed by atoms with Crippen molar-refractivity contribution in [3.8, 4) is 0 Å². The van der Waals surface area contributed by atoms with Crippen molar-refractivity contribution < 1.29 is 5.11 Å². The summed E-state index contributed by atoms with van der Waals surface area (Å²) in [5, 5.41) is 10.5. The van der Waals surface area contributed by atoms with E-state index in [1.54, 1.807) is 31.2 Å². The van der Waals surface area contributed by atoms with Crippen LogP contribution in [0.5, 0.6) is 0 Å². The molecule has 1 atom stereocenters. The SMILES string of the molecule is CC(Cl)(Cl)CCC(O)c1ccc(Cl)cc1. The highest BCUT2D eigenvalue weighted by Gasteiger charge is 2.18. The van der Waals surface area contributed by atoms with E-state index in [9.17, 15) is 5.11 Å². The van der Waals surface area contributed by atoms with E-state index in [-0.39, 0.29) is 0 Å². The largest absolute Gasteiger partial charge is 0.388 e. The van der Waals surface area contributed by atoms with Crippen LogP contribution in [0.25, 0.3) is 0 Å².